The highest BCUT2D eigenvalue weighted by molar-refractivity contribution is 5.70. The minimum Gasteiger partial charge on any atom is -0.462 e. The molecule has 0 saturated heterocycles. The van der Waals surface area contributed by atoms with E-state index in [0.717, 1.165) is 64.2 Å². The SMILES string of the molecule is CC/C=C\C/C=C\C/C=C\CCCCCCCCCCOCC(COC(=O)CCCCCCCCCCCCCCCCC)OC(=O)CCCCCCC. The zero-order valence-corrected chi connectivity index (χ0v) is 36.2. The maximum atomic E-state index is 12.5. The summed E-state index contributed by atoms with van der Waals surface area (Å²) in [6, 6.07) is 0. The van der Waals surface area contributed by atoms with E-state index in [0.29, 0.717) is 19.4 Å². The van der Waals surface area contributed by atoms with E-state index in [2.05, 4.69) is 57.2 Å². The van der Waals surface area contributed by atoms with Crippen LogP contribution in [0.1, 0.15) is 239 Å². The number of carbonyl (C=O) groups excluding carboxylic acids is 2. The van der Waals surface area contributed by atoms with Gasteiger partial charge in [-0.3, -0.25) is 9.59 Å². The van der Waals surface area contributed by atoms with Crippen molar-refractivity contribution in [2.45, 2.75) is 245 Å². The number of hydrogen-bond acceptors (Lipinski definition) is 5. The van der Waals surface area contributed by atoms with Gasteiger partial charge in [-0.05, 0) is 51.4 Å². The highest BCUT2D eigenvalue weighted by Crippen LogP contribution is 2.15. The van der Waals surface area contributed by atoms with Crippen LogP contribution >= 0.6 is 0 Å². The quantitative estimate of drug-likeness (QED) is 0.0352. The number of ether oxygens (including phenoxy) is 3. The molecule has 0 N–H and O–H groups in total. The minimum atomic E-state index is -0.530. The summed E-state index contributed by atoms with van der Waals surface area (Å²) in [5, 5.41) is 0. The first-order valence-electron chi connectivity index (χ1n) is 23.5. The van der Waals surface area contributed by atoms with Crippen LogP contribution in [-0.4, -0.2) is 37.9 Å². The van der Waals surface area contributed by atoms with Crippen molar-refractivity contribution in [2.75, 3.05) is 19.8 Å². The number of esters is 2. The van der Waals surface area contributed by atoms with Crippen LogP contribution in [0.15, 0.2) is 36.5 Å². The molecule has 5 nitrogen and oxygen atoms in total. The van der Waals surface area contributed by atoms with Crippen LogP contribution in [0.2, 0.25) is 0 Å². The van der Waals surface area contributed by atoms with Gasteiger partial charge in [0.25, 0.3) is 0 Å². The van der Waals surface area contributed by atoms with Gasteiger partial charge in [-0.2, -0.15) is 0 Å². The van der Waals surface area contributed by atoms with E-state index >= 15 is 0 Å². The summed E-state index contributed by atoms with van der Waals surface area (Å²) in [5.74, 6) is -0.404. The predicted molar refractivity (Wildman–Crippen MR) is 233 cm³/mol. The molecule has 54 heavy (non-hydrogen) atoms. The van der Waals surface area contributed by atoms with E-state index in [1.54, 1.807) is 0 Å². The molecule has 0 bridgehead atoms. The van der Waals surface area contributed by atoms with E-state index in [1.807, 2.05) is 0 Å². The maximum absolute atomic E-state index is 12.5. The minimum absolute atomic E-state index is 0.0862. The lowest BCUT2D eigenvalue weighted by Gasteiger charge is -2.18. The molecule has 1 unspecified atom stereocenters. The van der Waals surface area contributed by atoms with Crippen LogP contribution in [0, 0.1) is 0 Å². The molecule has 0 aliphatic heterocycles. The number of unbranched alkanes of at least 4 members (excludes halogenated alkanes) is 26. The van der Waals surface area contributed by atoms with Crippen molar-refractivity contribution in [2.24, 2.45) is 0 Å². The number of allylic oxidation sites excluding steroid dienone is 6. The van der Waals surface area contributed by atoms with Crippen molar-refractivity contribution in [3.63, 3.8) is 0 Å². The standard InChI is InChI=1S/C49H90O5/c1-4-7-10-13-15-17-19-21-23-24-25-27-29-31-33-35-38-41-44-52-45-47(54-49(51)43-40-36-12-9-6-3)46-53-48(50)42-39-37-34-32-30-28-26-22-20-18-16-14-11-8-5-2/h7,10,15,17,21,23,47H,4-6,8-9,11-14,16,18-20,22,24-46H2,1-3H3/b10-7-,17-15-,23-21-. The molecule has 316 valence electrons. The average molecular weight is 759 g/mol. The molecule has 0 radical (unpaired) electrons. The monoisotopic (exact) mass is 759 g/mol. The van der Waals surface area contributed by atoms with Crippen LogP contribution < -0.4 is 0 Å². The third-order valence-corrected chi connectivity index (χ3v) is 10.2. The van der Waals surface area contributed by atoms with Crippen LogP contribution in [0.25, 0.3) is 0 Å². The Labute approximate surface area is 336 Å². The van der Waals surface area contributed by atoms with E-state index < -0.39 is 6.10 Å². The molecular formula is C49H90O5. The smallest absolute Gasteiger partial charge is 0.306 e. The fraction of sp³-hybridized carbons (Fsp3) is 0.837. The summed E-state index contributed by atoms with van der Waals surface area (Å²) in [6.45, 7) is 7.66. The predicted octanol–water partition coefficient (Wildman–Crippen LogP) is 15.4. The van der Waals surface area contributed by atoms with Gasteiger partial charge in [0.15, 0.2) is 6.10 Å². The van der Waals surface area contributed by atoms with Crippen LogP contribution in [-0.2, 0) is 23.8 Å². The summed E-state index contributed by atoms with van der Waals surface area (Å²) in [5.41, 5.74) is 0. The molecular weight excluding hydrogens is 669 g/mol. The van der Waals surface area contributed by atoms with Crippen molar-refractivity contribution < 1.29 is 23.8 Å². The van der Waals surface area contributed by atoms with Gasteiger partial charge < -0.3 is 14.2 Å². The molecule has 0 heterocycles. The van der Waals surface area contributed by atoms with Crippen molar-refractivity contribution in [3.8, 4) is 0 Å². The maximum Gasteiger partial charge on any atom is 0.306 e. The zero-order chi connectivity index (χ0) is 39.3. The van der Waals surface area contributed by atoms with Crippen molar-refractivity contribution >= 4 is 11.9 Å². The fourth-order valence-corrected chi connectivity index (χ4v) is 6.70. The van der Waals surface area contributed by atoms with E-state index in [4.69, 9.17) is 14.2 Å². The van der Waals surface area contributed by atoms with Crippen LogP contribution in [0.5, 0.6) is 0 Å². The summed E-state index contributed by atoms with van der Waals surface area (Å²) < 4.78 is 17.2. The van der Waals surface area contributed by atoms with E-state index in [1.165, 1.54) is 141 Å². The van der Waals surface area contributed by atoms with Crippen molar-refractivity contribution in [1.29, 1.82) is 0 Å². The topological polar surface area (TPSA) is 61.8 Å². The van der Waals surface area contributed by atoms with Gasteiger partial charge in [0, 0.05) is 19.4 Å². The molecule has 0 saturated carbocycles. The first-order chi connectivity index (χ1) is 26.6. The first kappa shape index (κ1) is 52.1. The average Bonchev–Trinajstić information content (AvgIpc) is 3.17. The first-order valence-corrected chi connectivity index (χ1v) is 23.5. The Hall–Kier alpha value is -1.88. The second-order valence-corrected chi connectivity index (χ2v) is 15.6. The lowest BCUT2D eigenvalue weighted by atomic mass is 10.0. The largest absolute Gasteiger partial charge is 0.462 e. The van der Waals surface area contributed by atoms with Gasteiger partial charge in [0.2, 0.25) is 0 Å². The Bertz CT molecular complexity index is 862. The molecule has 0 aliphatic rings. The Morgan fingerprint density at radius 1 is 0.426 bits per heavy atom. The lowest BCUT2D eigenvalue weighted by molar-refractivity contribution is -0.163. The van der Waals surface area contributed by atoms with Gasteiger partial charge in [-0.1, -0.05) is 211 Å². The van der Waals surface area contributed by atoms with Crippen LogP contribution in [0.4, 0.5) is 0 Å². The number of carbonyl (C=O) groups is 2. The third kappa shape index (κ3) is 42.9. The molecule has 0 aliphatic carbocycles. The summed E-state index contributed by atoms with van der Waals surface area (Å²) in [4.78, 5) is 25.0. The Balaban J connectivity index is 4.02. The molecule has 0 rings (SSSR count). The van der Waals surface area contributed by atoms with Gasteiger partial charge in [0.05, 0.1) is 6.61 Å². The lowest BCUT2D eigenvalue weighted by Crippen LogP contribution is -2.30. The third-order valence-electron chi connectivity index (χ3n) is 10.2. The van der Waals surface area contributed by atoms with Crippen molar-refractivity contribution in [3.05, 3.63) is 36.5 Å². The Morgan fingerprint density at radius 2 is 0.833 bits per heavy atom. The summed E-state index contributed by atoms with van der Waals surface area (Å²) in [7, 11) is 0. The van der Waals surface area contributed by atoms with E-state index in [9.17, 15) is 9.59 Å². The Kier molecular flexibility index (Phi) is 43.9. The molecule has 0 aromatic heterocycles. The van der Waals surface area contributed by atoms with Crippen LogP contribution in [0.3, 0.4) is 0 Å². The normalized spacial score (nSPS) is 12.4. The Morgan fingerprint density at radius 3 is 1.33 bits per heavy atom. The highest BCUT2D eigenvalue weighted by atomic mass is 16.6. The molecule has 0 aromatic rings. The zero-order valence-electron chi connectivity index (χ0n) is 36.2. The summed E-state index contributed by atoms with van der Waals surface area (Å²) in [6.07, 6.45) is 53.2. The van der Waals surface area contributed by atoms with Gasteiger partial charge in [-0.25, -0.2) is 0 Å². The van der Waals surface area contributed by atoms with E-state index in [-0.39, 0.29) is 25.2 Å². The molecule has 0 fully saturated rings. The molecule has 1 atom stereocenters. The van der Waals surface area contributed by atoms with Gasteiger partial charge >= 0.3 is 11.9 Å². The second kappa shape index (κ2) is 45.5. The molecule has 5 heteroatoms. The number of hydrogen-bond donors (Lipinski definition) is 0. The van der Waals surface area contributed by atoms with Crippen molar-refractivity contribution in [1.82, 2.24) is 0 Å². The molecule has 0 spiro atoms. The molecule has 0 amide bonds. The summed E-state index contributed by atoms with van der Waals surface area (Å²) >= 11 is 0. The molecule has 0 aromatic carbocycles. The fourth-order valence-electron chi connectivity index (χ4n) is 6.70. The highest BCUT2D eigenvalue weighted by Gasteiger charge is 2.17. The second-order valence-electron chi connectivity index (χ2n) is 15.6. The van der Waals surface area contributed by atoms with Gasteiger partial charge in [-0.15, -0.1) is 0 Å². The number of rotatable bonds is 43. The van der Waals surface area contributed by atoms with Gasteiger partial charge in [0.1, 0.15) is 6.61 Å².